The molecule has 0 saturated carbocycles. The largest absolute Gasteiger partial charge is 0.329 e. The predicted molar refractivity (Wildman–Crippen MR) is 69.7 cm³/mol. The first-order valence-electron chi connectivity index (χ1n) is 5.56. The van der Waals surface area contributed by atoms with Crippen molar-refractivity contribution in [3.8, 4) is 0 Å². The van der Waals surface area contributed by atoms with Crippen LogP contribution < -0.4 is 5.73 Å². The average molecular weight is 256 g/mol. The van der Waals surface area contributed by atoms with E-state index in [0.717, 1.165) is 12.1 Å². The first kappa shape index (κ1) is 14.2. The van der Waals surface area contributed by atoms with Gasteiger partial charge in [-0.1, -0.05) is 12.1 Å². The number of benzene rings is 1. The topological polar surface area (TPSA) is 63.4 Å². The van der Waals surface area contributed by atoms with E-state index >= 15 is 0 Å². The van der Waals surface area contributed by atoms with Crippen molar-refractivity contribution >= 4 is 9.84 Å². The molecule has 1 rings (SSSR count). The highest BCUT2D eigenvalue weighted by Gasteiger charge is 2.12. The summed E-state index contributed by atoms with van der Waals surface area (Å²) in [6.07, 6.45) is 1.21. The molecule has 0 fully saturated rings. The molecule has 0 bridgehead atoms. The summed E-state index contributed by atoms with van der Waals surface area (Å²) in [7, 11) is -1.11. The molecular weight excluding hydrogens is 236 g/mol. The Hall–Kier alpha value is -0.910. The fourth-order valence-corrected chi connectivity index (χ4v) is 2.28. The molecule has 0 aliphatic carbocycles. The van der Waals surface area contributed by atoms with Crippen molar-refractivity contribution in [2.45, 2.75) is 17.9 Å². The van der Waals surface area contributed by atoms with Crippen LogP contribution in [0.25, 0.3) is 0 Å². The quantitative estimate of drug-likeness (QED) is 0.855. The second-order valence-electron chi connectivity index (χ2n) is 4.29. The Morgan fingerprint density at radius 3 is 2.24 bits per heavy atom. The number of rotatable bonds is 5. The molecule has 1 aromatic rings. The van der Waals surface area contributed by atoms with Crippen LogP contribution in [0.4, 0.5) is 0 Å². The van der Waals surface area contributed by atoms with Crippen LogP contribution in [0.5, 0.6) is 0 Å². The van der Waals surface area contributed by atoms with Gasteiger partial charge < -0.3 is 5.73 Å². The Balaban J connectivity index is 2.88. The van der Waals surface area contributed by atoms with Crippen molar-refractivity contribution in [2.75, 3.05) is 26.4 Å². The van der Waals surface area contributed by atoms with Gasteiger partial charge in [0.05, 0.1) is 4.90 Å². The molecule has 1 unspecified atom stereocenters. The maximum atomic E-state index is 11.3. The highest BCUT2D eigenvalue weighted by molar-refractivity contribution is 7.90. The highest BCUT2D eigenvalue weighted by atomic mass is 32.2. The van der Waals surface area contributed by atoms with Gasteiger partial charge in [-0.2, -0.15) is 0 Å². The van der Waals surface area contributed by atoms with E-state index in [1.165, 1.54) is 6.26 Å². The van der Waals surface area contributed by atoms with Crippen molar-refractivity contribution in [1.29, 1.82) is 0 Å². The van der Waals surface area contributed by atoms with Crippen molar-refractivity contribution < 1.29 is 8.42 Å². The lowest BCUT2D eigenvalue weighted by molar-refractivity contribution is 0.269. The van der Waals surface area contributed by atoms with Gasteiger partial charge in [0.1, 0.15) is 0 Å². The molecule has 96 valence electrons. The molecule has 0 spiro atoms. The number of nitrogens with two attached hydrogens (primary N) is 1. The Kier molecular flexibility index (Phi) is 4.68. The van der Waals surface area contributed by atoms with Crippen LogP contribution in [0.2, 0.25) is 0 Å². The summed E-state index contributed by atoms with van der Waals surface area (Å²) in [6, 6.07) is 7.24. The standard InChI is InChI=1S/C12H20N2O2S/c1-10(14(2)9-8-13)11-4-6-12(7-5-11)17(3,15)16/h4-7,10H,8-9,13H2,1-3H3. The number of likely N-dealkylation sites (N-methyl/N-ethyl adjacent to an activating group) is 1. The van der Waals surface area contributed by atoms with Gasteiger partial charge in [0.2, 0.25) is 0 Å². The van der Waals surface area contributed by atoms with E-state index in [2.05, 4.69) is 11.8 Å². The second-order valence-corrected chi connectivity index (χ2v) is 6.30. The van der Waals surface area contributed by atoms with E-state index in [9.17, 15) is 8.42 Å². The van der Waals surface area contributed by atoms with Gasteiger partial charge >= 0.3 is 0 Å². The van der Waals surface area contributed by atoms with E-state index in [1.54, 1.807) is 12.1 Å². The zero-order valence-corrected chi connectivity index (χ0v) is 11.4. The summed E-state index contributed by atoms with van der Waals surface area (Å²) in [4.78, 5) is 2.49. The summed E-state index contributed by atoms with van der Waals surface area (Å²) in [6.45, 7) is 3.50. The smallest absolute Gasteiger partial charge is 0.175 e. The minimum absolute atomic E-state index is 0.229. The predicted octanol–water partition coefficient (Wildman–Crippen LogP) is 1.04. The molecule has 17 heavy (non-hydrogen) atoms. The van der Waals surface area contributed by atoms with Gasteiger partial charge in [-0.25, -0.2) is 8.42 Å². The molecule has 0 aliphatic heterocycles. The second kappa shape index (κ2) is 5.62. The van der Waals surface area contributed by atoms with Crippen molar-refractivity contribution in [1.82, 2.24) is 4.90 Å². The minimum Gasteiger partial charge on any atom is -0.329 e. The lowest BCUT2D eigenvalue weighted by Gasteiger charge is -2.24. The average Bonchev–Trinajstić information content (AvgIpc) is 2.27. The lowest BCUT2D eigenvalue weighted by Crippen LogP contribution is -2.28. The molecule has 1 aromatic carbocycles. The van der Waals surface area contributed by atoms with Crippen LogP contribution in [-0.2, 0) is 9.84 Å². The molecule has 0 radical (unpaired) electrons. The van der Waals surface area contributed by atoms with E-state index in [-0.39, 0.29) is 6.04 Å². The lowest BCUT2D eigenvalue weighted by atomic mass is 10.1. The summed E-state index contributed by atoms with van der Waals surface area (Å²) < 4.78 is 22.6. The third-order valence-corrected chi connectivity index (χ3v) is 4.06. The number of hydrogen-bond acceptors (Lipinski definition) is 4. The molecule has 0 aliphatic rings. The number of nitrogens with zero attached hydrogens (tertiary/aromatic N) is 1. The summed E-state index contributed by atoms with van der Waals surface area (Å²) in [5, 5.41) is 0. The third-order valence-electron chi connectivity index (χ3n) is 2.93. The molecule has 4 nitrogen and oxygen atoms in total. The van der Waals surface area contributed by atoms with Crippen molar-refractivity contribution in [2.24, 2.45) is 5.73 Å². The van der Waals surface area contributed by atoms with Crippen LogP contribution in [0.3, 0.4) is 0 Å². The van der Waals surface area contributed by atoms with Gasteiger partial charge in [0.15, 0.2) is 9.84 Å². The van der Waals surface area contributed by atoms with Crippen molar-refractivity contribution in [3.05, 3.63) is 29.8 Å². The first-order valence-corrected chi connectivity index (χ1v) is 7.45. The number of sulfone groups is 1. The molecule has 2 N–H and O–H groups in total. The molecule has 0 heterocycles. The SMILES string of the molecule is CC(c1ccc(S(C)(=O)=O)cc1)N(C)CCN. The summed E-state index contributed by atoms with van der Waals surface area (Å²) >= 11 is 0. The van der Waals surface area contributed by atoms with Crippen LogP contribution in [0.15, 0.2) is 29.2 Å². The fourth-order valence-electron chi connectivity index (χ4n) is 1.65. The molecular formula is C12H20N2O2S. The van der Waals surface area contributed by atoms with E-state index in [1.807, 2.05) is 19.2 Å². The number of hydrogen-bond donors (Lipinski definition) is 1. The third kappa shape index (κ3) is 3.80. The fraction of sp³-hybridized carbons (Fsp3) is 0.500. The van der Waals surface area contributed by atoms with Crippen LogP contribution in [-0.4, -0.2) is 39.7 Å². The first-order chi connectivity index (χ1) is 7.86. The van der Waals surface area contributed by atoms with Gasteiger partial charge in [-0.05, 0) is 31.7 Å². The van der Waals surface area contributed by atoms with Gasteiger partial charge in [0.25, 0.3) is 0 Å². The van der Waals surface area contributed by atoms with E-state index in [0.29, 0.717) is 11.4 Å². The monoisotopic (exact) mass is 256 g/mol. The molecule has 0 saturated heterocycles. The van der Waals surface area contributed by atoms with E-state index < -0.39 is 9.84 Å². The normalized spacial score (nSPS) is 13.9. The highest BCUT2D eigenvalue weighted by Crippen LogP contribution is 2.20. The summed E-state index contributed by atoms with van der Waals surface area (Å²) in [5.74, 6) is 0. The molecule has 0 amide bonds. The Bertz CT molecular complexity index is 454. The Morgan fingerprint density at radius 2 is 1.82 bits per heavy atom. The Morgan fingerprint density at radius 1 is 1.29 bits per heavy atom. The van der Waals surface area contributed by atoms with Crippen LogP contribution in [0, 0.1) is 0 Å². The van der Waals surface area contributed by atoms with Gasteiger partial charge in [0, 0.05) is 25.4 Å². The molecule has 1 atom stereocenters. The van der Waals surface area contributed by atoms with E-state index in [4.69, 9.17) is 5.73 Å². The minimum atomic E-state index is -3.11. The van der Waals surface area contributed by atoms with Crippen LogP contribution in [0.1, 0.15) is 18.5 Å². The van der Waals surface area contributed by atoms with Crippen molar-refractivity contribution in [3.63, 3.8) is 0 Å². The zero-order chi connectivity index (χ0) is 13.1. The van der Waals surface area contributed by atoms with Gasteiger partial charge in [-0.3, -0.25) is 4.90 Å². The maximum absolute atomic E-state index is 11.3. The van der Waals surface area contributed by atoms with Gasteiger partial charge in [-0.15, -0.1) is 0 Å². The summed E-state index contributed by atoms with van der Waals surface area (Å²) in [5.41, 5.74) is 6.60. The molecule has 5 heteroatoms. The van der Waals surface area contributed by atoms with Crippen LogP contribution >= 0.6 is 0 Å². The Labute approximate surface area is 103 Å². The zero-order valence-electron chi connectivity index (χ0n) is 10.6. The maximum Gasteiger partial charge on any atom is 0.175 e. The molecule has 0 aromatic heterocycles.